The molecule has 2 unspecified atom stereocenters. The minimum atomic E-state index is 0.815. The lowest BCUT2D eigenvalue weighted by atomic mass is 10.1. The van der Waals surface area contributed by atoms with Crippen molar-refractivity contribution < 1.29 is 4.74 Å². The Morgan fingerprint density at radius 2 is 1.85 bits per heavy atom. The molecule has 0 N–H and O–H groups in total. The molecule has 112 valence electrons. The van der Waals surface area contributed by atoms with Crippen LogP contribution in [0, 0.1) is 12.8 Å². The summed E-state index contributed by atoms with van der Waals surface area (Å²) in [7, 11) is 0. The smallest absolute Gasteiger partial charge is 0.0593 e. The zero-order valence-electron chi connectivity index (χ0n) is 13.3. The molecular formula is C18H29NO. The Kier molecular flexibility index (Phi) is 6.06. The molecule has 2 nitrogen and oxygen atoms in total. The van der Waals surface area contributed by atoms with Gasteiger partial charge in [-0.25, -0.2) is 0 Å². The van der Waals surface area contributed by atoms with Crippen LogP contribution >= 0.6 is 0 Å². The number of nitrogens with zero attached hydrogens (tertiary/aromatic N) is 1. The van der Waals surface area contributed by atoms with Gasteiger partial charge in [0, 0.05) is 26.2 Å². The number of hydrogen-bond donors (Lipinski definition) is 0. The predicted molar refractivity (Wildman–Crippen MR) is 85.3 cm³/mol. The van der Waals surface area contributed by atoms with E-state index < -0.39 is 0 Å². The Morgan fingerprint density at radius 3 is 2.60 bits per heavy atom. The van der Waals surface area contributed by atoms with E-state index in [-0.39, 0.29) is 0 Å². The average Bonchev–Trinajstić information content (AvgIpc) is 3.27. The second-order valence-electron chi connectivity index (χ2n) is 5.78. The average molecular weight is 275 g/mol. The van der Waals surface area contributed by atoms with Gasteiger partial charge in [0.05, 0.1) is 6.61 Å². The summed E-state index contributed by atoms with van der Waals surface area (Å²) in [6.45, 7) is 11.6. The van der Waals surface area contributed by atoms with Crippen molar-refractivity contribution >= 4 is 0 Å². The largest absolute Gasteiger partial charge is 0.380 e. The normalized spacial score (nSPS) is 26.4. The zero-order chi connectivity index (χ0) is 14.4. The molecule has 2 atom stereocenters. The molecule has 1 aliphatic heterocycles. The van der Waals surface area contributed by atoms with E-state index >= 15 is 0 Å². The summed E-state index contributed by atoms with van der Waals surface area (Å²) in [6.07, 6.45) is 2.57. The maximum Gasteiger partial charge on any atom is 0.0593 e. The van der Waals surface area contributed by atoms with Crippen molar-refractivity contribution in [2.45, 2.75) is 39.5 Å². The molecular weight excluding hydrogens is 246 g/mol. The standard InChI is InChI=1S/C16H23NO.C2H6/c1-13-3-5-14(6-4-13)16-11-15(16)12-17-7-2-9-18-10-8-17;1-2/h3-6,15-16H,2,7-12H2,1H3;1-2H3. The first-order chi connectivity index (χ1) is 9.83. The SMILES string of the molecule is CC.Cc1ccc(C2CC2CN2CCCOCC2)cc1. The van der Waals surface area contributed by atoms with Crippen LogP contribution in [0.4, 0.5) is 0 Å². The molecule has 0 amide bonds. The lowest BCUT2D eigenvalue weighted by molar-refractivity contribution is 0.140. The lowest BCUT2D eigenvalue weighted by Crippen LogP contribution is -2.28. The fraction of sp³-hybridized carbons (Fsp3) is 0.667. The van der Waals surface area contributed by atoms with Crippen LogP contribution in [0.3, 0.4) is 0 Å². The molecule has 1 aromatic carbocycles. The van der Waals surface area contributed by atoms with Crippen LogP contribution in [0.5, 0.6) is 0 Å². The first-order valence-corrected chi connectivity index (χ1v) is 8.19. The Balaban J connectivity index is 0.000000704. The van der Waals surface area contributed by atoms with Gasteiger partial charge in [-0.3, -0.25) is 0 Å². The number of hydrogen-bond acceptors (Lipinski definition) is 2. The molecule has 0 aromatic heterocycles. The van der Waals surface area contributed by atoms with Gasteiger partial charge in [-0.15, -0.1) is 0 Å². The van der Waals surface area contributed by atoms with Gasteiger partial charge in [0.2, 0.25) is 0 Å². The van der Waals surface area contributed by atoms with Crippen molar-refractivity contribution in [1.29, 1.82) is 0 Å². The molecule has 1 saturated carbocycles. The van der Waals surface area contributed by atoms with Crippen LogP contribution in [-0.4, -0.2) is 37.7 Å². The molecule has 2 fully saturated rings. The Morgan fingerprint density at radius 1 is 1.10 bits per heavy atom. The number of ether oxygens (including phenoxy) is 1. The summed E-state index contributed by atoms with van der Waals surface area (Å²) >= 11 is 0. The summed E-state index contributed by atoms with van der Waals surface area (Å²) in [5, 5.41) is 0. The third kappa shape index (κ3) is 4.32. The van der Waals surface area contributed by atoms with E-state index in [1.807, 2.05) is 13.8 Å². The van der Waals surface area contributed by atoms with Crippen LogP contribution in [0.25, 0.3) is 0 Å². The fourth-order valence-electron chi connectivity index (χ4n) is 2.98. The second kappa shape index (κ2) is 7.80. The van der Waals surface area contributed by atoms with Gasteiger partial charge >= 0.3 is 0 Å². The molecule has 20 heavy (non-hydrogen) atoms. The van der Waals surface area contributed by atoms with Gasteiger partial charge in [-0.05, 0) is 37.2 Å². The highest BCUT2D eigenvalue weighted by Crippen LogP contribution is 2.47. The molecule has 0 spiro atoms. The lowest BCUT2D eigenvalue weighted by Gasteiger charge is -2.18. The molecule has 2 heteroatoms. The molecule has 1 heterocycles. The second-order valence-corrected chi connectivity index (χ2v) is 5.78. The van der Waals surface area contributed by atoms with Crippen molar-refractivity contribution in [3.63, 3.8) is 0 Å². The summed E-state index contributed by atoms with van der Waals surface area (Å²) in [6, 6.07) is 9.10. The summed E-state index contributed by atoms with van der Waals surface area (Å²) < 4.78 is 5.51. The van der Waals surface area contributed by atoms with Crippen LogP contribution in [0.1, 0.15) is 43.7 Å². The van der Waals surface area contributed by atoms with Crippen molar-refractivity contribution in [3.05, 3.63) is 35.4 Å². The molecule has 2 aliphatic rings. The van der Waals surface area contributed by atoms with E-state index in [9.17, 15) is 0 Å². The molecule has 0 bridgehead atoms. The number of aryl methyl sites for hydroxylation is 1. The van der Waals surface area contributed by atoms with Crippen LogP contribution < -0.4 is 0 Å². The van der Waals surface area contributed by atoms with Gasteiger partial charge in [-0.2, -0.15) is 0 Å². The summed E-state index contributed by atoms with van der Waals surface area (Å²) in [4.78, 5) is 2.59. The molecule has 1 saturated heterocycles. The van der Waals surface area contributed by atoms with Crippen molar-refractivity contribution in [3.8, 4) is 0 Å². The monoisotopic (exact) mass is 275 g/mol. The highest BCUT2D eigenvalue weighted by molar-refractivity contribution is 5.29. The fourth-order valence-corrected chi connectivity index (χ4v) is 2.98. The molecule has 1 aromatic rings. The van der Waals surface area contributed by atoms with Crippen molar-refractivity contribution in [2.75, 3.05) is 32.8 Å². The van der Waals surface area contributed by atoms with E-state index in [2.05, 4.69) is 36.1 Å². The number of rotatable bonds is 3. The van der Waals surface area contributed by atoms with E-state index in [4.69, 9.17) is 4.74 Å². The van der Waals surface area contributed by atoms with Crippen LogP contribution in [0.2, 0.25) is 0 Å². The minimum absolute atomic E-state index is 0.815. The third-order valence-corrected chi connectivity index (χ3v) is 4.24. The maximum absolute atomic E-state index is 5.51. The van der Waals surface area contributed by atoms with Gasteiger partial charge in [0.25, 0.3) is 0 Å². The van der Waals surface area contributed by atoms with Crippen LogP contribution in [-0.2, 0) is 4.74 Å². The minimum Gasteiger partial charge on any atom is -0.380 e. The molecule has 3 rings (SSSR count). The zero-order valence-corrected chi connectivity index (χ0v) is 13.3. The van der Waals surface area contributed by atoms with Gasteiger partial charge in [0.1, 0.15) is 0 Å². The number of benzene rings is 1. The predicted octanol–water partition coefficient (Wildman–Crippen LogP) is 3.85. The summed E-state index contributed by atoms with van der Waals surface area (Å²) in [5.41, 5.74) is 2.90. The van der Waals surface area contributed by atoms with E-state index in [0.717, 1.165) is 31.6 Å². The Bertz CT molecular complexity index is 379. The van der Waals surface area contributed by atoms with Crippen LogP contribution in [0.15, 0.2) is 24.3 Å². The topological polar surface area (TPSA) is 12.5 Å². The highest BCUT2D eigenvalue weighted by atomic mass is 16.5. The van der Waals surface area contributed by atoms with Crippen molar-refractivity contribution in [2.24, 2.45) is 5.92 Å². The van der Waals surface area contributed by atoms with E-state index in [1.54, 1.807) is 0 Å². The van der Waals surface area contributed by atoms with Gasteiger partial charge in [-0.1, -0.05) is 43.7 Å². The van der Waals surface area contributed by atoms with Gasteiger partial charge < -0.3 is 9.64 Å². The highest BCUT2D eigenvalue weighted by Gasteiger charge is 2.39. The van der Waals surface area contributed by atoms with E-state index in [1.165, 1.54) is 37.1 Å². The van der Waals surface area contributed by atoms with E-state index in [0.29, 0.717) is 0 Å². The Labute approximate surface area is 124 Å². The third-order valence-electron chi connectivity index (χ3n) is 4.24. The first kappa shape index (κ1) is 15.5. The Hall–Kier alpha value is -0.860. The summed E-state index contributed by atoms with van der Waals surface area (Å²) in [5.74, 6) is 1.69. The quantitative estimate of drug-likeness (QED) is 0.831. The molecule has 1 aliphatic carbocycles. The van der Waals surface area contributed by atoms with Crippen molar-refractivity contribution in [1.82, 2.24) is 4.90 Å². The maximum atomic E-state index is 5.51. The first-order valence-electron chi connectivity index (χ1n) is 8.19. The molecule has 0 radical (unpaired) electrons. The van der Waals surface area contributed by atoms with Gasteiger partial charge in [0.15, 0.2) is 0 Å².